The average Bonchev–Trinajstić information content (AvgIpc) is 2.41. The van der Waals surface area contributed by atoms with Gasteiger partial charge in [0.1, 0.15) is 0 Å². The van der Waals surface area contributed by atoms with E-state index < -0.39 is 0 Å². The first kappa shape index (κ1) is 17.0. The van der Waals surface area contributed by atoms with Crippen LogP contribution >= 0.6 is 0 Å². The zero-order chi connectivity index (χ0) is 15.0. The van der Waals surface area contributed by atoms with Gasteiger partial charge in [-0.05, 0) is 44.7 Å². The van der Waals surface area contributed by atoms with Gasteiger partial charge in [-0.3, -0.25) is 9.59 Å². The number of nitrogens with zero attached hydrogens (tertiary/aromatic N) is 1. The van der Waals surface area contributed by atoms with Gasteiger partial charge in [0.05, 0.1) is 6.42 Å². The fourth-order valence-corrected chi connectivity index (χ4v) is 2.48. The first-order valence-corrected chi connectivity index (χ1v) is 7.61. The van der Waals surface area contributed by atoms with Gasteiger partial charge in [-0.2, -0.15) is 0 Å². The highest BCUT2D eigenvalue weighted by Crippen LogP contribution is 2.15. The predicted octanol–water partition coefficient (Wildman–Crippen LogP) is 0.940. The van der Waals surface area contributed by atoms with Crippen molar-refractivity contribution in [1.29, 1.82) is 0 Å². The van der Waals surface area contributed by atoms with Crippen molar-refractivity contribution in [2.24, 2.45) is 17.6 Å². The van der Waals surface area contributed by atoms with Crippen molar-refractivity contribution in [3.8, 4) is 0 Å². The third-order valence-electron chi connectivity index (χ3n) is 3.83. The summed E-state index contributed by atoms with van der Waals surface area (Å²) < 4.78 is 0. The normalized spacial score (nSPS) is 21.4. The van der Waals surface area contributed by atoms with E-state index in [1.165, 1.54) is 32.4 Å². The maximum absolute atomic E-state index is 11.5. The first-order chi connectivity index (χ1) is 9.49. The summed E-state index contributed by atoms with van der Waals surface area (Å²) in [4.78, 5) is 24.9. The molecule has 0 saturated carbocycles. The van der Waals surface area contributed by atoms with Gasteiger partial charge in [0.25, 0.3) is 0 Å². The number of nitrogens with one attached hydrogen (secondary N) is 1. The number of piperidine rings is 1. The Bertz CT molecular complexity index is 320. The molecule has 0 aromatic carbocycles. The van der Waals surface area contributed by atoms with Crippen LogP contribution in [-0.2, 0) is 9.59 Å². The molecule has 1 aliphatic heterocycles. The molecule has 0 aliphatic carbocycles. The van der Waals surface area contributed by atoms with Gasteiger partial charge in [-0.25, -0.2) is 0 Å². The fourth-order valence-electron chi connectivity index (χ4n) is 2.48. The van der Waals surface area contributed by atoms with Crippen molar-refractivity contribution >= 4 is 11.8 Å². The Morgan fingerprint density at radius 1 is 1.50 bits per heavy atom. The summed E-state index contributed by atoms with van der Waals surface area (Å²) in [7, 11) is 0. The molecule has 3 N–H and O–H groups in total. The van der Waals surface area contributed by atoms with Crippen LogP contribution in [0.25, 0.3) is 0 Å². The van der Waals surface area contributed by atoms with Crippen molar-refractivity contribution in [1.82, 2.24) is 10.2 Å². The van der Waals surface area contributed by atoms with Crippen LogP contribution in [0.3, 0.4) is 0 Å². The summed E-state index contributed by atoms with van der Waals surface area (Å²) in [6.45, 7) is 8.11. The molecule has 1 fully saturated rings. The van der Waals surface area contributed by atoms with E-state index in [4.69, 9.17) is 5.73 Å². The summed E-state index contributed by atoms with van der Waals surface area (Å²) in [5.41, 5.74) is 5.14. The molecule has 115 valence electrons. The van der Waals surface area contributed by atoms with Crippen LogP contribution in [0.4, 0.5) is 0 Å². The van der Waals surface area contributed by atoms with Crippen LogP contribution < -0.4 is 11.1 Å². The van der Waals surface area contributed by atoms with Crippen molar-refractivity contribution in [3.05, 3.63) is 6.42 Å². The lowest BCUT2D eigenvalue weighted by Crippen LogP contribution is -2.36. The van der Waals surface area contributed by atoms with Crippen LogP contribution in [0.2, 0.25) is 0 Å². The van der Waals surface area contributed by atoms with Crippen LogP contribution in [0.5, 0.6) is 0 Å². The Kier molecular flexibility index (Phi) is 7.59. The molecule has 0 aromatic rings. The maximum Gasteiger partial charge on any atom is 0.223 e. The van der Waals surface area contributed by atoms with Crippen molar-refractivity contribution in [3.63, 3.8) is 0 Å². The number of rotatable bonds is 8. The number of hydrogen-bond donors (Lipinski definition) is 2. The van der Waals surface area contributed by atoms with E-state index in [-0.39, 0.29) is 17.7 Å². The smallest absolute Gasteiger partial charge is 0.223 e. The summed E-state index contributed by atoms with van der Waals surface area (Å²) in [6.07, 6.45) is 5.51. The Labute approximate surface area is 122 Å². The number of likely N-dealkylation sites (tertiary alicyclic amines) is 1. The lowest BCUT2D eigenvalue weighted by atomic mass is 10.0. The van der Waals surface area contributed by atoms with Crippen LogP contribution in [0, 0.1) is 18.3 Å². The molecule has 1 heterocycles. The van der Waals surface area contributed by atoms with Crippen molar-refractivity contribution in [2.45, 2.75) is 39.5 Å². The zero-order valence-corrected chi connectivity index (χ0v) is 12.7. The highest BCUT2D eigenvalue weighted by atomic mass is 16.2. The number of hydrogen-bond acceptors (Lipinski definition) is 3. The summed E-state index contributed by atoms with van der Waals surface area (Å²) in [5, 5.41) is 2.85. The second-order valence-corrected chi connectivity index (χ2v) is 5.94. The van der Waals surface area contributed by atoms with Gasteiger partial charge in [0.15, 0.2) is 0 Å². The van der Waals surface area contributed by atoms with Crippen LogP contribution in [0.1, 0.15) is 39.5 Å². The van der Waals surface area contributed by atoms with E-state index in [1.54, 1.807) is 6.92 Å². The lowest BCUT2D eigenvalue weighted by Gasteiger charge is -2.30. The lowest BCUT2D eigenvalue weighted by molar-refractivity contribution is -0.121. The van der Waals surface area contributed by atoms with E-state index in [0.717, 1.165) is 18.9 Å². The molecular formula is C15H28N3O2. The molecule has 2 atom stereocenters. The summed E-state index contributed by atoms with van der Waals surface area (Å²) in [5.74, 6) is 0.0379. The van der Waals surface area contributed by atoms with E-state index in [9.17, 15) is 9.59 Å². The second kappa shape index (κ2) is 8.95. The largest absolute Gasteiger partial charge is 0.369 e. The second-order valence-electron chi connectivity index (χ2n) is 5.94. The average molecular weight is 282 g/mol. The molecule has 0 aromatic heterocycles. The van der Waals surface area contributed by atoms with Gasteiger partial charge in [-0.1, -0.05) is 13.8 Å². The number of carbonyl (C=O) groups is 2. The van der Waals surface area contributed by atoms with E-state index in [2.05, 4.69) is 17.1 Å². The Morgan fingerprint density at radius 2 is 2.25 bits per heavy atom. The van der Waals surface area contributed by atoms with E-state index in [1.807, 2.05) is 0 Å². The topological polar surface area (TPSA) is 75.4 Å². The molecule has 2 amide bonds. The van der Waals surface area contributed by atoms with Crippen molar-refractivity contribution in [2.75, 3.05) is 26.2 Å². The highest BCUT2D eigenvalue weighted by molar-refractivity contribution is 5.85. The standard InChI is InChI=1S/C15H28N3O2/c1-12-5-3-9-18(11-12)10-4-8-17-14(19)7-6-13(2)15(16)20/h7,12-13H,3-6,8-11H2,1-2H3,(H2,16,20)(H,17,19)/t12-,13?/m0/s1. The van der Waals surface area contributed by atoms with Gasteiger partial charge in [-0.15, -0.1) is 0 Å². The Hall–Kier alpha value is -1.10. The Balaban J connectivity index is 2.03. The van der Waals surface area contributed by atoms with Gasteiger partial charge in [0, 0.05) is 19.0 Å². The molecule has 1 aliphatic rings. The van der Waals surface area contributed by atoms with Gasteiger partial charge in [0.2, 0.25) is 11.8 Å². The zero-order valence-electron chi connectivity index (χ0n) is 12.7. The minimum absolute atomic E-state index is 0.106. The van der Waals surface area contributed by atoms with Gasteiger partial charge >= 0.3 is 0 Å². The molecule has 1 saturated heterocycles. The number of amides is 2. The summed E-state index contributed by atoms with van der Waals surface area (Å²) >= 11 is 0. The minimum atomic E-state index is -0.367. The number of carbonyl (C=O) groups excluding carboxylic acids is 2. The SMILES string of the molecule is CC(C[CH]C(=O)NCCCN1CCC[C@H](C)C1)C(N)=O. The molecule has 0 bridgehead atoms. The quantitative estimate of drug-likeness (QED) is 0.651. The van der Waals surface area contributed by atoms with Gasteiger partial charge < -0.3 is 16.0 Å². The van der Waals surface area contributed by atoms with Crippen LogP contribution in [-0.4, -0.2) is 42.9 Å². The van der Waals surface area contributed by atoms with Crippen molar-refractivity contribution < 1.29 is 9.59 Å². The molecule has 1 unspecified atom stereocenters. The van der Waals surface area contributed by atoms with E-state index in [0.29, 0.717) is 13.0 Å². The minimum Gasteiger partial charge on any atom is -0.369 e. The molecule has 1 rings (SSSR count). The maximum atomic E-state index is 11.5. The predicted molar refractivity (Wildman–Crippen MR) is 79.7 cm³/mol. The molecule has 5 nitrogen and oxygen atoms in total. The highest BCUT2D eigenvalue weighted by Gasteiger charge is 2.15. The van der Waals surface area contributed by atoms with Crippen LogP contribution in [0.15, 0.2) is 0 Å². The summed E-state index contributed by atoms with van der Waals surface area (Å²) in [6, 6.07) is 0. The molecule has 1 radical (unpaired) electrons. The fraction of sp³-hybridized carbons (Fsp3) is 0.800. The third-order valence-corrected chi connectivity index (χ3v) is 3.83. The monoisotopic (exact) mass is 282 g/mol. The molecule has 0 spiro atoms. The Morgan fingerprint density at radius 3 is 2.90 bits per heavy atom. The third kappa shape index (κ3) is 6.89. The number of nitrogens with two attached hydrogens (primary N) is 1. The molecular weight excluding hydrogens is 254 g/mol. The van der Waals surface area contributed by atoms with E-state index >= 15 is 0 Å². The number of primary amides is 1. The first-order valence-electron chi connectivity index (χ1n) is 7.61. The molecule has 5 heteroatoms. The molecule has 20 heavy (non-hydrogen) atoms.